The number of thioether (sulfide) groups is 1. The largest absolute Gasteiger partial charge is 0.446 e. The fourth-order valence-corrected chi connectivity index (χ4v) is 4.50. The van der Waals surface area contributed by atoms with Gasteiger partial charge in [-0.1, -0.05) is 18.2 Å². The third kappa shape index (κ3) is 7.50. The summed E-state index contributed by atoms with van der Waals surface area (Å²) < 4.78 is 37.6. The maximum atomic E-state index is 12.5. The van der Waals surface area contributed by atoms with E-state index in [1.165, 1.54) is 40.5 Å². The number of nitrogens with one attached hydrogen (secondary N) is 2. The van der Waals surface area contributed by atoms with Gasteiger partial charge >= 0.3 is 5.51 Å². The van der Waals surface area contributed by atoms with E-state index in [2.05, 4.69) is 48.4 Å². The van der Waals surface area contributed by atoms with Crippen molar-refractivity contribution in [2.75, 3.05) is 19.6 Å². The molecule has 1 saturated heterocycles. The number of benzene rings is 2. The maximum Gasteiger partial charge on any atom is 0.446 e. The molecule has 0 unspecified atom stereocenters. The minimum absolute atomic E-state index is 0.00670. The van der Waals surface area contributed by atoms with Gasteiger partial charge in [0, 0.05) is 36.1 Å². The van der Waals surface area contributed by atoms with Gasteiger partial charge in [0.15, 0.2) is 0 Å². The number of amides is 2. The number of carbonyl (C=O) groups is 2. The van der Waals surface area contributed by atoms with Crippen LogP contribution in [-0.2, 0) is 11.3 Å². The van der Waals surface area contributed by atoms with Crippen LogP contribution in [0.4, 0.5) is 13.2 Å². The molecule has 178 valence electrons. The first-order valence-electron chi connectivity index (χ1n) is 10.7. The van der Waals surface area contributed by atoms with E-state index >= 15 is 0 Å². The molecule has 9 heteroatoms. The second-order valence-electron chi connectivity index (χ2n) is 8.41. The summed E-state index contributed by atoms with van der Waals surface area (Å²) in [5.41, 5.74) is 0.719. The minimum Gasteiger partial charge on any atom is -0.350 e. The van der Waals surface area contributed by atoms with Gasteiger partial charge in [-0.15, -0.1) is 0 Å². The fourth-order valence-electron chi connectivity index (χ4n) is 3.90. The zero-order valence-corrected chi connectivity index (χ0v) is 19.7. The van der Waals surface area contributed by atoms with Crippen LogP contribution in [0.3, 0.4) is 0 Å². The molecule has 0 aliphatic carbocycles. The van der Waals surface area contributed by atoms with E-state index in [4.69, 9.17) is 0 Å². The quantitative estimate of drug-likeness (QED) is 0.580. The molecule has 2 aromatic rings. The molecule has 1 aliphatic rings. The predicted molar refractivity (Wildman–Crippen MR) is 123 cm³/mol. The lowest BCUT2D eigenvalue weighted by molar-refractivity contribution is -0.120. The van der Waals surface area contributed by atoms with Gasteiger partial charge in [-0.3, -0.25) is 14.5 Å². The molecule has 0 aromatic heterocycles. The molecule has 5 nitrogen and oxygen atoms in total. The zero-order valence-electron chi connectivity index (χ0n) is 18.9. The Morgan fingerprint density at radius 3 is 2.55 bits per heavy atom. The van der Waals surface area contributed by atoms with Crippen molar-refractivity contribution in [3.05, 3.63) is 64.2 Å². The van der Waals surface area contributed by atoms with Crippen molar-refractivity contribution in [1.29, 1.82) is 0 Å². The second-order valence-corrected chi connectivity index (χ2v) is 9.55. The van der Waals surface area contributed by atoms with Crippen molar-refractivity contribution in [2.45, 2.75) is 50.2 Å². The second kappa shape index (κ2) is 10.6. The first-order valence-corrected chi connectivity index (χ1v) is 11.5. The molecule has 2 amide bonds. The van der Waals surface area contributed by atoms with E-state index in [0.29, 0.717) is 0 Å². The monoisotopic (exact) mass is 479 g/mol. The zero-order chi connectivity index (χ0) is 24.2. The van der Waals surface area contributed by atoms with Crippen LogP contribution in [0, 0.1) is 20.8 Å². The minimum atomic E-state index is -4.43. The van der Waals surface area contributed by atoms with E-state index < -0.39 is 11.4 Å². The lowest BCUT2D eigenvalue weighted by Gasteiger charge is -2.19. The summed E-state index contributed by atoms with van der Waals surface area (Å²) in [6.07, 6.45) is 0.820. The van der Waals surface area contributed by atoms with Crippen molar-refractivity contribution in [1.82, 2.24) is 15.5 Å². The number of nitrogens with zero attached hydrogens (tertiary/aromatic N) is 1. The molecule has 0 bridgehead atoms. The van der Waals surface area contributed by atoms with Crippen LogP contribution in [-0.4, -0.2) is 47.9 Å². The Labute approximate surface area is 196 Å². The smallest absolute Gasteiger partial charge is 0.350 e. The highest BCUT2D eigenvalue weighted by Crippen LogP contribution is 2.36. The van der Waals surface area contributed by atoms with Crippen LogP contribution < -0.4 is 10.6 Å². The Hall–Kier alpha value is -2.52. The number of likely N-dealkylation sites (tertiary alicyclic amines) is 1. The Morgan fingerprint density at radius 1 is 1.09 bits per heavy atom. The van der Waals surface area contributed by atoms with Crippen molar-refractivity contribution in [2.24, 2.45) is 0 Å². The summed E-state index contributed by atoms with van der Waals surface area (Å²) in [5.74, 6) is -0.911. The normalized spacial score (nSPS) is 16.6. The van der Waals surface area contributed by atoms with E-state index in [1.54, 1.807) is 0 Å². The lowest BCUT2D eigenvalue weighted by atomic mass is 10.0. The van der Waals surface area contributed by atoms with Gasteiger partial charge in [-0.25, -0.2) is 0 Å². The van der Waals surface area contributed by atoms with E-state index in [9.17, 15) is 22.8 Å². The van der Waals surface area contributed by atoms with Crippen LogP contribution in [0.5, 0.6) is 0 Å². The summed E-state index contributed by atoms with van der Waals surface area (Å²) in [6.45, 7) is 8.49. The number of halogens is 3. The number of aryl methyl sites for hydroxylation is 3. The highest BCUT2D eigenvalue weighted by Gasteiger charge is 2.29. The predicted octanol–water partition coefficient (Wildman–Crippen LogP) is 4.34. The van der Waals surface area contributed by atoms with Gasteiger partial charge in [0.05, 0.1) is 6.54 Å². The number of hydrogen-bond acceptors (Lipinski definition) is 4. The third-order valence-corrected chi connectivity index (χ3v) is 6.44. The number of carbonyl (C=O) groups excluding carboxylic acids is 2. The Balaban J connectivity index is 1.46. The standard InChI is InChI=1S/C24H28F3N3O2S/c1-15-9-17(3)19(10-16(15)2)13-30-8-7-20(14-30)29-22(31)12-28-23(32)18-5-4-6-21(11-18)33-24(25,26)27/h4-6,9-11,20H,7-8,12-14H2,1-3H3,(H,28,32)(H,29,31)/t20-/m1/s1. The Bertz CT molecular complexity index is 1030. The molecule has 1 atom stereocenters. The molecule has 3 rings (SSSR count). The first-order chi connectivity index (χ1) is 15.5. The molecular weight excluding hydrogens is 451 g/mol. The average Bonchev–Trinajstić information content (AvgIpc) is 3.16. The molecular formula is C24H28F3N3O2S. The van der Waals surface area contributed by atoms with Crippen LogP contribution in [0.2, 0.25) is 0 Å². The van der Waals surface area contributed by atoms with Crippen LogP contribution >= 0.6 is 11.8 Å². The van der Waals surface area contributed by atoms with Crippen molar-refractivity contribution < 1.29 is 22.8 Å². The van der Waals surface area contributed by atoms with Crippen molar-refractivity contribution >= 4 is 23.6 Å². The SMILES string of the molecule is Cc1cc(C)c(CN2CC[C@@H](NC(=O)CNC(=O)c3cccc(SC(F)(F)F)c3)C2)cc1C. The molecule has 0 spiro atoms. The average molecular weight is 480 g/mol. The van der Waals surface area contributed by atoms with E-state index in [1.807, 2.05) is 0 Å². The summed E-state index contributed by atoms with van der Waals surface area (Å²) in [6, 6.07) is 9.65. The molecule has 0 saturated carbocycles. The number of alkyl halides is 3. The molecule has 2 aromatic carbocycles. The Kier molecular flexibility index (Phi) is 8.07. The Morgan fingerprint density at radius 2 is 1.82 bits per heavy atom. The molecule has 1 aliphatic heterocycles. The van der Waals surface area contributed by atoms with Crippen LogP contribution in [0.1, 0.15) is 39.0 Å². The topological polar surface area (TPSA) is 61.4 Å². The van der Waals surface area contributed by atoms with Crippen LogP contribution in [0.25, 0.3) is 0 Å². The number of rotatable bonds is 7. The van der Waals surface area contributed by atoms with Gasteiger partial charge in [-0.05, 0) is 79.4 Å². The lowest BCUT2D eigenvalue weighted by Crippen LogP contribution is -2.43. The summed E-state index contributed by atoms with van der Waals surface area (Å²) in [4.78, 5) is 26.8. The summed E-state index contributed by atoms with van der Waals surface area (Å²) in [5, 5.41) is 5.41. The van der Waals surface area contributed by atoms with Crippen LogP contribution in [0.15, 0.2) is 41.3 Å². The van der Waals surface area contributed by atoms with Gasteiger partial charge in [0.25, 0.3) is 5.91 Å². The summed E-state index contributed by atoms with van der Waals surface area (Å²) in [7, 11) is 0. The first kappa shape index (κ1) is 25.1. The van der Waals surface area contributed by atoms with E-state index in [-0.39, 0.29) is 40.7 Å². The third-order valence-electron chi connectivity index (χ3n) is 5.72. The molecule has 2 N–H and O–H groups in total. The van der Waals surface area contributed by atoms with Gasteiger partial charge in [0.1, 0.15) is 0 Å². The van der Waals surface area contributed by atoms with Gasteiger partial charge < -0.3 is 10.6 Å². The maximum absolute atomic E-state index is 12.5. The van der Waals surface area contributed by atoms with E-state index in [0.717, 1.165) is 32.1 Å². The van der Waals surface area contributed by atoms with Crippen molar-refractivity contribution in [3.8, 4) is 0 Å². The molecule has 33 heavy (non-hydrogen) atoms. The molecule has 1 fully saturated rings. The van der Waals surface area contributed by atoms with Gasteiger partial charge in [-0.2, -0.15) is 13.2 Å². The van der Waals surface area contributed by atoms with Gasteiger partial charge in [0.2, 0.25) is 5.91 Å². The molecule has 0 radical (unpaired) electrons. The highest BCUT2D eigenvalue weighted by molar-refractivity contribution is 8.00. The number of hydrogen-bond donors (Lipinski definition) is 2. The highest BCUT2D eigenvalue weighted by atomic mass is 32.2. The summed E-state index contributed by atoms with van der Waals surface area (Å²) >= 11 is -0.283. The van der Waals surface area contributed by atoms with Crippen molar-refractivity contribution in [3.63, 3.8) is 0 Å². The molecule has 1 heterocycles. The fraction of sp³-hybridized carbons (Fsp3) is 0.417.